The summed E-state index contributed by atoms with van der Waals surface area (Å²) in [5.41, 5.74) is 1.37. The molecular weight excluding hydrogens is 216 g/mol. The van der Waals surface area contributed by atoms with Gasteiger partial charge in [-0.05, 0) is 24.8 Å². The molecular formula is C13H22N2O2. The Hall–Kier alpha value is -0.870. The van der Waals surface area contributed by atoms with Gasteiger partial charge in [-0.3, -0.25) is 4.68 Å². The predicted octanol–water partition coefficient (Wildman–Crippen LogP) is 1.96. The molecule has 0 radical (unpaired) electrons. The maximum absolute atomic E-state index is 9.38. The zero-order valence-corrected chi connectivity index (χ0v) is 10.8. The summed E-state index contributed by atoms with van der Waals surface area (Å²) in [5, 5.41) is 23.3. The molecule has 1 aromatic rings. The number of aromatic nitrogens is 2. The Morgan fingerprint density at radius 1 is 1.41 bits per heavy atom. The number of aliphatic hydroxyl groups is 2. The van der Waals surface area contributed by atoms with Crippen LogP contribution >= 0.6 is 0 Å². The average Bonchev–Trinajstić information content (AvgIpc) is 2.54. The predicted molar refractivity (Wildman–Crippen MR) is 65.4 cm³/mol. The third-order valence-corrected chi connectivity index (χ3v) is 3.50. The number of hydrogen-bond acceptors (Lipinski definition) is 3. The lowest BCUT2D eigenvalue weighted by molar-refractivity contribution is -0.0498. The van der Waals surface area contributed by atoms with E-state index in [0.717, 1.165) is 12.2 Å². The molecule has 2 N–H and O–H groups in total. The van der Waals surface area contributed by atoms with Crippen LogP contribution in [0.5, 0.6) is 0 Å². The van der Waals surface area contributed by atoms with Crippen LogP contribution in [0.15, 0.2) is 6.07 Å². The molecule has 96 valence electrons. The highest BCUT2D eigenvalue weighted by Gasteiger charge is 2.25. The van der Waals surface area contributed by atoms with Crippen LogP contribution in [0.1, 0.15) is 57.7 Å². The van der Waals surface area contributed by atoms with Crippen LogP contribution in [-0.2, 0) is 12.0 Å². The highest BCUT2D eigenvalue weighted by molar-refractivity contribution is 5.18. The third-order valence-electron chi connectivity index (χ3n) is 3.50. The Labute approximate surface area is 102 Å². The van der Waals surface area contributed by atoms with Crippen LogP contribution in [0.3, 0.4) is 0 Å². The number of aliphatic hydroxyl groups excluding tert-OH is 1. The topological polar surface area (TPSA) is 58.3 Å². The second kappa shape index (κ2) is 4.42. The molecule has 0 spiro atoms. The van der Waals surface area contributed by atoms with Crippen LogP contribution in [0.25, 0.3) is 0 Å². The van der Waals surface area contributed by atoms with Crippen molar-refractivity contribution in [3.63, 3.8) is 0 Å². The van der Waals surface area contributed by atoms with E-state index in [1.165, 1.54) is 19.3 Å². The van der Waals surface area contributed by atoms with E-state index in [0.29, 0.717) is 11.6 Å². The molecule has 0 atom stereocenters. The Morgan fingerprint density at radius 2 is 2.06 bits per heavy atom. The minimum absolute atomic E-state index is 0.0610. The summed E-state index contributed by atoms with van der Waals surface area (Å²) < 4.78 is 1.77. The quantitative estimate of drug-likeness (QED) is 0.791. The summed E-state index contributed by atoms with van der Waals surface area (Å²) in [6.45, 7) is 7.05. The fourth-order valence-corrected chi connectivity index (χ4v) is 2.07. The van der Waals surface area contributed by atoms with Crippen LogP contribution < -0.4 is 0 Å². The van der Waals surface area contributed by atoms with Crippen molar-refractivity contribution in [2.24, 2.45) is 5.92 Å². The van der Waals surface area contributed by atoms with Crippen molar-refractivity contribution < 1.29 is 10.2 Å². The molecule has 1 aliphatic carbocycles. The van der Waals surface area contributed by atoms with Crippen molar-refractivity contribution in [1.29, 1.82) is 0 Å². The van der Waals surface area contributed by atoms with Gasteiger partial charge >= 0.3 is 0 Å². The first-order valence-corrected chi connectivity index (χ1v) is 6.32. The van der Waals surface area contributed by atoms with Gasteiger partial charge in [0.1, 0.15) is 0 Å². The fraction of sp³-hybridized carbons (Fsp3) is 0.769. The van der Waals surface area contributed by atoms with Gasteiger partial charge in [-0.15, -0.1) is 0 Å². The highest BCUT2D eigenvalue weighted by Crippen LogP contribution is 2.30. The summed E-state index contributed by atoms with van der Waals surface area (Å²) in [7, 11) is 0. The van der Waals surface area contributed by atoms with Gasteiger partial charge < -0.3 is 10.2 Å². The van der Waals surface area contributed by atoms with E-state index in [-0.39, 0.29) is 5.41 Å². The van der Waals surface area contributed by atoms with Gasteiger partial charge in [-0.25, -0.2) is 0 Å². The van der Waals surface area contributed by atoms with Crippen molar-refractivity contribution in [3.8, 4) is 0 Å². The lowest BCUT2D eigenvalue weighted by atomic mass is 9.85. The SMILES string of the molecule is CC(C)(C)c1cc(C(O)O)n(CC2CCC2)n1. The number of rotatable bonds is 3. The standard InChI is InChI=1S/C13H22N2O2/c1-13(2,3)11-7-10(12(16)17)15(14-11)8-9-5-4-6-9/h7,9,12,16-17H,4-6,8H2,1-3H3. The lowest BCUT2D eigenvalue weighted by Gasteiger charge is -2.26. The van der Waals surface area contributed by atoms with Gasteiger partial charge in [-0.2, -0.15) is 5.10 Å². The van der Waals surface area contributed by atoms with Gasteiger partial charge in [0.15, 0.2) is 6.29 Å². The van der Waals surface area contributed by atoms with Gasteiger partial charge in [0.2, 0.25) is 0 Å². The summed E-state index contributed by atoms with van der Waals surface area (Å²) in [6.07, 6.45) is 2.31. The monoisotopic (exact) mass is 238 g/mol. The van der Waals surface area contributed by atoms with Crippen molar-refractivity contribution in [2.75, 3.05) is 0 Å². The van der Waals surface area contributed by atoms with E-state index in [9.17, 15) is 10.2 Å². The van der Waals surface area contributed by atoms with Gasteiger partial charge in [0.25, 0.3) is 0 Å². The normalized spacial score (nSPS) is 17.5. The second-order valence-corrected chi connectivity index (χ2v) is 6.06. The first-order chi connectivity index (χ1) is 7.88. The van der Waals surface area contributed by atoms with Crippen LogP contribution in [0, 0.1) is 5.92 Å². The molecule has 0 aromatic carbocycles. The molecule has 0 bridgehead atoms. The van der Waals surface area contributed by atoms with Crippen LogP contribution in [0.2, 0.25) is 0 Å². The van der Waals surface area contributed by atoms with E-state index in [1.54, 1.807) is 4.68 Å². The molecule has 17 heavy (non-hydrogen) atoms. The summed E-state index contributed by atoms with van der Waals surface area (Å²) in [5.74, 6) is 0.653. The molecule has 1 fully saturated rings. The lowest BCUT2D eigenvalue weighted by Crippen LogP contribution is -2.21. The number of nitrogens with zero attached hydrogens (tertiary/aromatic N) is 2. The summed E-state index contributed by atoms with van der Waals surface area (Å²) >= 11 is 0. The smallest absolute Gasteiger partial charge is 0.195 e. The Kier molecular flexibility index (Phi) is 3.27. The molecule has 0 unspecified atom stereocenters. The largest absolute Gasteiger partial charge is 0.363 e. The molecule has 4 nitrogen and oxygen atoms in total. The van der Waals surface area contributed by atoms with E-state index >= 15 is 0 Å². The van der Waals surface area contributed by atoms with E-state index in [1.807, 2.05) is 6.07 Å². The van der Waals surface area contributed by atoms with Crippen molar-refractivity contribution in [2.45, 2.75) is 58.3 Å². The molecule has 0 aliphatic heterocycles. The van der Waals surface area contributed by atoms with Crippen LogP contribution in [0.4, 0.5) is 0 Å². The molecule has 1 heterocycles. The molecule has 4 heteroatoms. The second-order valence-electron chi connectivity index (χ2n) is 6.06. The van der Waals surface area contributed by atoms with Crippen molar-refractivity contribution in [3.05, 3.63) is 17.5 Å². The van der Waals surface area contributed by atoms with E-state index < -0.39 is 6.29 Å². The molecule has 2 rings (SSSR count). The molecule has 0 saturated heterocycles. The fourth-order valence-electron chi connectivity index (χ4n) is 2.07. The Balaban J connectivity index is 2.24. The minimum atomic E-state index is -1.43. The molecule has 1 aromatic heterocycles. The van der Waals surface area contributed by atoms with E-state index in [2.05, 4.69) is 25.9 Å². The Morgan fingerprint density at radius 3 is 2.47 bits per heavy atom. The summed E-state index contributed by atoms with van der Waals surface area (Å²) in [6, 6.07) is 1.81. The molecule has 1 saturated carbocycles. The number of hydrogen-bond donors (Lipinski definition) is 2. The molecule has 1 aliphatic rings. The maximum atomic E-state index is 9.38. The maximum Gasteiger partial charge on any atom is 0.195 e. The van der Waals surface area contributed by atoms with Crippen molar-refractivity contribution >= 4 is 0 Å². The average molecular weight is 238 g/mol. The van der Waals surface area contributed by atoms with Crippen molar-refractivity contribution in [1.82, 2.24) is 9.78 Å². The van der Waals surface area contributed by atoms with Gasteiger partial charge in [0.05, 0.1) is 11.4 Å². The van der Waals surface area contributed by atoms with Gasteiger partial charge in [-0.1, -0.05) is 27.2 Å². The third kappa shape index (κ3) is 2.69. The first kappa shape index (κ1) is 12.6. The highest BCUT2D eigenvalue weighted by atomic mass is 16.5. The first-order valence-electron chi connectivity index (χ1n) is 6.32. The van der Waals surface area contributed by atoms with E-state index in [4.69, 9.17) is 0 Å². The van der Waals surface area contributed by atoms with Gasteiger partial charge in [0, 0.05) is 12.0 Å². The van der Waals surface area contributed by atoms with Crippen LogP contribution in [-0.4, -0.2) is 20.0 Å². The minimum Gasteiger partial charge on any atom is -0.363 e. The molecule has 0 amide bonds. The summed E-state index contributed by atoms with van der Waals surface area (Å²) in [4.78, 5) is 0. The zero-order valence-electron chi connectivity index (χ0n) is 10.8. The zero-order chi connectivity index (χ0) is 12.6. The Bertz CT molecular complexity index is 387.